The van der Waals surface area contributed by atoms with E-state index in [1.165, 1.54) is 5.56 Å². The molecule has 4 heteroatoms. The van der Waals surface area contributed by atoms with Gasteiger partial charge in [-0.25, -0.2) is 9.97 Å². The number of aryl methyl sites for hydroxylation is 2. The fourth-order valence-corrected chi connectivity index (χ4v) is 2.89. The van der Waals surface area contributed by atoms with Gasteiger partial charge in [0.25, 0.3) is 5.91 Å². The molecule has 0 aliphatic carbocycles. The smallest absolute Gasteiger partial charge is 0.272 e. The van der Waals surface area contributed by atoms with E-state index in [0.717, 1.165) is 42.8 Å². The quantitative estimate of drug-likeness (QED) is 0.873. The highest BCUT2D eigenvalue weighted by Gasteiger charge is 2.27. The molecule has 0 saturated carbocycles. The van der Waals surface area contributed by atoms with Gasteiger partial charge in [-0.1, -0.05) is 36.8 Å². The molecule has 4 nitrogen and oxygen atoms in total. The Kier molecular flexibility index (Phi) is 3.92. The molecule has 114 valence electrons. The van der Waals surface area contributed by atoms with Gasteiger partial charge in [0, 0.05) is 29.9 Å². The van der Waals surface area contributed by atoms with Crippen LogP contribution in [0.2, 0.25) is 0 Å². The molecular weight excluding hydrogens is 274 g/mol. The van der Waals surface area contributed by atoms with Crippen molar-refractivity contribution in [2.75, 3.05) is 13.1 Å². The van der Waals surface area contributed by atoms with Gasteiger partial charge in [-0.3, -0.25) is 4.79 Å². The van der Waals surface area contributed by atoms with Crippen LogP contribution in [-0.4, -0.2) is 33.9 Å². The van der Waals surface area contributed by atoms with Crippen molar-refractivity contribution in [1.82, 2.24) is 14.9 Å². The molecule has 1 aliphatic heterocycles. The molecule has 1 aromatic carbocycles. The highest BCUT2D eigenvalue weighted by atomic mass is 16.2. The van der Waals surface area contributed by atoms with Crippen LogP contribution in [0.25, 0.3) is 11.4 Å². The minimum absolute atomic E-state index is 0.0435. The van der Waals surface area contributed by atoms with Crippen molar-refractivity contribution in [3.8, 4) is 11.4 Å². The van der Waals surface area contributed by atoms with E-state index in [4.69, 9.17) is 0 Å². The standard InChI is InChI=1S/C18H21N3O/c1-4-10-21-11-9-15-13(3)19-17(20-16(15)18(21)22)14-7-5-12(2)6-8-14/h5-8H,4,9-11H2,1-3H3. The molecule has 3 rings (SSSR count). The third-order valence-electron chi connectivity index (χ3n) is 4.14. The van der Waals surface area contributed by atoms with Crippen molar-refractivity contribution in [3.63, 3.8) is 0 Å². The highest BCUT2D eigenvalue weighted by Crippen LogP contribution is 2.24. The summed E-state index contributed by atoms with van der Waals surface area (Å²) in [5.41, 5.74) is 4.67. The fourth-order valence-electron chi connectivity index (χ4n) is 2.89. The van der Waals surface area contributed by atoms with Crippen LogP contribution in [0.4, 0.5) is 0 Å². The predicted molar refractivity (Wildman–Crippen MR) is 86.8 cm³/mol. The van der Waals surface area contributed by atoms with Crippen molar-refractivity contribution in [2.24, 2.45) is 0 Å². The van der Waals surface area contributed by atoms with Gasteiger partial charge in [0.15, 0.2) is 5.82 Å². The Balaban J connectivity index is 2.04. The number of rotatable bonds is 3. The maximum Gasteiger partial charge on any atom is 0.272 e. The zero-order chi connectivity index (χ0) is 15.7. The number of amides is 1. The number of carbonyl (C=O) groups excluding carboxylic acids is 1. The van der Waals surface area contributed by atoms with Crippen molar-refractivity contribution < 1.29 is 4.79 Å². The average Bonchev–Trinajstić information content (AvgIpc) is 2.51. The lowest BCUT2D eigenvalue weighted by Gasteiger charge is -2.28. The van der Waals surface area contributed by atoms with Gasteiger partial charge in [-0.15, -0.1) is 0 Å². The van der Waals surface area contributed by atoms with E-state index in [2.05, 4.69) is 23.8 Å². The van der Waals surface area contributed by atoms with Crippen LogP contribution < -0.4 is 0 Å². The van der Waals surface area contributed by atoms with Crippen molar-refractivity contribution >= 4 is 5.91 Å². The Morgan fingerprint density at radius 2 is 1.86 bits per heavy atom. The molecular formula is C18H21N3O. The van der Waals surface area contributed by atoms with Gasteiger partial charge >= 0.3 is 0 Å². The second-order valence-electron chi connectivity index (χ2n) is 5.87. The maximum atomic E-state index is 12.6. The summed E-state index contributed by atoms with van der Waals surface area (Å²) in [7, 11) is 0. The maximum absolute atomic E-state index is 12.6. The van der Waals surface area contributed by atoms with E-state index in [1.807, 2.05) is 36.1 Å². The lowest BCUT2D eigenvalue weighted by atomic mass is 10.0. The van der Waals surface area contributed by atoms with Crippen LogP contribution >= 0.6 is 0 Å². The monoisotopic (exact) mass is 295 g/mol. The summed E-state index contributed by atoms with van der Waals surface area (Å²) < 4.78 is 0. The van der Waals surface area contributed by atoms with Crippen LogP contribution in [0, 0.1) is 13.8 Å². The summed E-state index contributed by atoms with van der Waals surface area (Å²) >= 11 is 0. The molecule has 22 heavy (non-hydrogen) atoms. The van der Waals surface area contributed by atoms with E-state index >= 15 is 0 Å². The van der Waals surface area contributed by atoms with Crippen LogP contribution in [0.15, 0.2) is 24.3 Å². The summed E-state index contributed by atoms with van der Waals surface area (Å²) in [6, 6.07) is 8.10. The number of aromatic nitrogens is 2. The van der Waals surface area contributed by atoms with E-state index in [-0.39, 0.29) is 5.91 Å². The van der Waals surface area contributed by atoms with Crippen LogP contribution in [-0.2, 0) is 6.42 Å². The van der Waals surface area contributed by atoms with E-state index in [9.17, 15) is 4.79 Å². The molecule has 0 fully saturated rings. The normalized spacial score (nSPS) is 14.1. The summed E-state index contributed by atoms with van der Waals surface area (Å²) in [4.78, 5) is 23.7. The number of hydrogen-bond donors (Lipinski definition) is 0. The van der Waals surface area contributed by atoms with Crippen LogP contribution in [0.1, 0.15) is 40.7 Å². The molecule has 0 radical (unpaired) electrons. The Bertz CT molecular complexity index is 707. The van der Waals surface area contributed by atoms with Gasteiger partial charge in [0.1, 0.15) is 5.69 Å². The Morgan fingerprint density at radius 3 is 2.55 bits per heavy atom. The van der Waals surface area contributed by atoms with Gasteiger partial charge in [0.2, 0.25) is 0 Å². The van der Waals surface area contributed by atoms with E-state index < -0.39 is 0 Å². The first-order chi connectivity index (χ1) is 10.6. The molecule has 0 saturated heterocycles. The first-order valence-corrected chi connectivity index (χ1v) is 7.84. The van der Waals surface area contributed by atoms with Gasteiger partial charge in [0.05, 0.1) is 0 Å². The van der Waals surface area contributed by atoms with E-state index in [0.29, 0.717) is 11.5 Å². The second-order valence-corrected chi connectivity index (χ2v) is 5.87. The molecule has 2 heterocycles. The molecule has 0 spiro atoms. The molecule has 0 bridgehead atoms. The van der Waals surface area contributed by atoms with E-state index in [1.54, 1.807) is 0 Å². The minimum atomic E-state index is 0.0435. The highest BCUT2D eigenvalue weighted by molar-refractivity contribution is 5.95. The summed E-state index contributed by atoms with van der Waals surface area (Å²) in [5, 5.41) is 0. The largest absolute Gasteiger partial charge is 0.337 e. The van der Waals surface area contributed by atoms with Crippen LogP contribution in [0.3, 0.4) is 0 Å². The number of nitrogens with zero attached hydrogens (tertiary/aromatic N) is 3. The van der Waals surface area contributed by atoms with Crippen LogP contribution in [0.5, 0.6) is 0 Å². The number of fused-ring (bicyclic) bond motifs is 1. The molecule has 2 aromatic rings. The summed E-state index contributed by atoms with van der Waals surface area (Å²) in [6.07, 6.45) is 1.82. The third kappa shape index (κ3) is 2.61. The Hall–Kier alpha value is -2.23. The van der Waals surface area contributed by atoms with Gasteiger partial charge in [-0.05, 0) is 26.7 Å². The number of benzene rings is 1. The minimum Gasteiger partial charge on any atom is -0.337 e. The molecule has 0 atom stereocenters. The summed E-state index contributed by atoms with van der Waals surface area (Å²) in [5.74, 6) is 0.685. The van der Waals surface area contributed by atoms with Gasteiger partial charge < -0.3 is 4.90 Å². The zero-order valence-corrected chi connectivity index (χ0v) is 13.4. The second kappa shape index (κ2) is 5.87. The number of hydrogen-bond acceptors (Lipinski definition) is 3. The first kappa shape index (κ1) is 14.7. The Morgan fingerprint density at radius 1 is 1.14 bits per heavy atom. The fraction of sp³-hybridized carbons (Fsp3) is 0.389. The zero-order valence-electron chi connectivity index (χ0n) is 13.4. The van der Waals surface area contributed by atoms with Crippen molar-refractivity contribution in [2.45, 2.75) is 33.6 Å². The van der Waals surface area contributed by atoms with Gasteiger partial charge in [-0.2, -0.15) is 0 Å². The molecule has 0 unspecified atom stereocenters. The van der Waals surface area contributed by atoms with Crippen molar-refractivity contribution in [3.05, 3.63) is 46.8 Å². The number of carbonyl (C=O) groups is 1. The summed E-state index contributed by atoms with van der Waals surface area (Å²) in [6.45, 7) is 7.68. The lowest BCUT2D eigenvalue weighted by molar-refractivity contribution is 0.0732. The molecule has 1 amide bonds. The van der Waals surface area contributed by atoms with Crippen molar-refractivity contribution in [1.29, 1.82) is 0 Å². The third-order valence-corrected chi connectivity index (χ3v) is 4.14. The SMILES string of the molecule is CCCN1CCc2c(C)nc(-c3ccc(C)cc3)nc2C1=O. The molecule has 0 N–H and O–H groups in total. The first-order valence-electron chi connectivity index (χ1n) is 7.84. The topological polar surface area (TPSA) is 46.1 Å². The predicted octanol–water partition coefficient (Wildman–Crippen LogP) is 3.17. The Labute approximate surface area is 131 Å². The average molecular weight is 295 g/mol. The molecule has 1 aliphatic rings. The molecule has 1 aromatic heterocycles. The lowest BCUT2D eigenvalue weighted by Crippen LogP contribution is -2.39.